The van der Waals surface area contributed by atoms with Gasteiger partial charge in [-0.3, -0.25) is 0 Å². The number of carboxylic acids is 1. The van der Waals surface area contributed by atoms with E-state index in [1.54, 1.807) is 0 Å². The Labute approximate surface area is 138 Å². The molecule has 0 atom stereocenters. The summed E-state index contributed by atoms with van der Waals surface area (Å²) < 4.78 is -0.918. The van der Waals surface area contributed by atoms with Gasteiger partial charge in [-0.05, 0) is 18.2 Å². The van der Waals surface area contributed by atoms with Crippen molar-refractivity contribution in [2.45, 2.75) is 3.79 Å². The van der Waals surface area contributed by atoms with Crippen molar-refractivity contribution in [3.63, 3.8) is 0 Å². The van der Waals surface area contributed by atoms with Crippen LogP contribution in [0.5, 0.6) is 0 Å². The minimum Gasteiger partial charge on any atom is -0.475 e. The highest BCUT2D eigenvalue weighted by molar-refractivity contribution is 6.66. The van der Waals surface area contributed by atoms with E-state index in [1.165, 1.54) is 18.2 Å². The number of alkyl halides is 3. The van der Waals surface area contributed by atoms with E-state index in [0.29, 0.717) is 5.02 Å². The minimum absolute atomic E-state index is 0.191. The molecule has 2 aromatic rings. The second kappa shape index (κ2) is 5.58. The lowest BCUT2D eigenvalue weighted by Crippen LogP contribution is -2.12. The van der Waals surface area contributed by atoms with Gasteiger partial charge in [0.2, 0.25) is 3.79 Å². The molecule has 0 unspecified atom stereocenters. The second-order valence-electron chi connectivity index (χ2n) is 3.57. The van der Waals surface area contributed by atoms with Gasteiger partial charge in [-0.25, -0.2) is 14.5 Å². The predicted octanol–water partition coefficient (Wildman–Crippen LogP) is 4.10. The summed E-state index contributed by atoms with van der Waals surface area (Å²) in [4.78, 5) is 14.6. The fourth-order valence-electron chi connectivity index (χ4n) is 1.41. The Balaban J connectivity index is 2.69. The summed E-state index contributed by atoms with van der Waals surface area (Å²) in [7, 11) is 0. The van der Waals surface area contributed by atoms with Crippen LogP contribution in [0.25, 0.3) is 5.69 Å². The van der Waals surface area contributed by atoms with E-state index in [1.807, 2.05) is 0 Å². The molecule has 0 aliphatic heterocycles. The number of hydrogen-bond acceptors (Lipinski definition) is 3. The Bertz CT molecular complexity index is 680. The number of aromatic nitrogens is 3. The summed E-state index contributed by atoms with van der Waals surface area (Å²) in [6.07, 6.45) is 0. The molecule has 0 aliphatic rings. The van der Waals surface area contributed by atoms with Crippen molar-refractivity contribution in [2.24, 2.45) is 0 Å². The highest BCUT2D eigenvalue weighted by Gasteiger charge is 2.33. The first-order valence-corrected chi connectivity index (χ1v) is 6.82. The SMILES string of the molecule is O=C(O)c1nc(C(Cl)(Cl)Cl)n(-c2ccc(Cl)cc2Cl)n1. The first-order chi connectivity index (χ1) is 9.20. The molecule has 0 radical (unpaired) electrons. The molecule has 0 amide bonds. The Morgan fingerprint density at radius 1 is 1.25 bits per heavy atom. The fraction of sp³-hybridized carbons (Fsp3) is 0.100. The van der Waals surface area contributed by atoms with E-state index in [2.05, 4.69) is 10.1 Å². The highest BCUT2D eigenvalue weighted by Crippen LogP contribution is 2.39. The monoisotopic (exact) mass is 373 g/mol. The van der Waals surface area contributed by atoms with Crippen molar-refractivity contribution in [1.82, 2.24) is 14.8 Å². The zero-order chi connectivity index (χ0) is 15.1. The van der Waals surface area contributed by atoms with E-state index in [4.69, 9.17) is 63.1 Å². The fourth-order valence-corrected chi connectivity index (χ4v) is 2.26. The number of carboxylic acid groups (broad SMARTS) is 1. The summed E-state index contributed by atoms with van der Waals surface area (Å²) in [5, 5.41) is 13.3. The molecule has 0 aliphatic carbocycles. The molecule has 10 heteroatoms. The van der Waals surface area contributed by atoms with Gasteiger partial charge in [0, 0.05) is 5.02 Å². The van der Waals surface area contributed by atoms with Crippen molar-refractivity contribution < 1.29 is 9.90 Å². The number of carbonyl (C=O) groups is 1. The number of benzene rings is 1. The van der Waals surface area contributed by atoms with Gasteiger partial charge in [-0.2, -0.15) is 0 Å². The first-order valence-electron chi connectivity index (χ1n) is 4.93. The number of nitrogens with zero attached hydrogens (tertiary/aromatic N) is 3. The van der Waals surface area contributed by atoms with E-state index in [-0.39, 0.29) is 16.5 Å². The summed E-state index contributed by atoms with van der Waals surface area (Å²) >= 11 is 29.1. The molecule has 1 N–H and O–H groups in total. The van der Waals surface area contributed by atoms with Crippen molar-refractivity contribution in [2.75, 3.05) is 0 Å². The zero-order valence-corrected chi connectivity index (χ0v) is 13.1. The van der Waals surface area contributed by atoms with Gasteiger partial charge in [0.15, 0.2) is 5.82 Å². The summed E-state index contributed by atoms with van der Waals surface area (Å²) in [5.41, 5.74) is 0.289. The van der Waals surface area contributed by atoms with Crippen LogP contribution in [0.15, 0.2) is 18.2 Å². The lowest BCUT2D eigenvalue weighted by Gasteiger charge is -2.12. The standard InChI is InChI=1S/C10H4Cl5N3O2/c11-4-1-2-6(5(12)3-4)18-9(10(13,14)15)16-7(17-18)8(19)20/h1-3H,(H,19,20). The third-order valence-electron chi connectivity index (χ3n) is 2.19. The van der Waals surface area contributed by atoms with Gasteiger partial charge in [0.05, 0.1) is 10.7 Å². The van der Waals surface area contributed by atoms with Gasteiger partial charge >= 0.3 is 5.97 Å². The Morgan fingerprint density at radius 3 is 2.40 bits per heavy atom. The van der Waals surface area contributed by atoms with Crippen molar-refractivity contribution in [3.8, 4) is 5.69 Å². The largest absolute Gasteiger partial charge is 0.475 e. The number of aromatic carboxylic acids is 1. The lowest BCUT2D eigenvalue weighted by molar-refractivity contribution is 0.0683. The highest BCUT2D eigenvalue weighted by atomic mass is 35.6. The van der Waals surface area contributed by atoms with Crippen molar-refractivity contribution in [3.05, 3.63) is 39.9 Å². The van der Waals surface area contributed by atoms with Crippen LogP contribution in [0.3, 0.4) is 0 Å². The maximum Gasteiger partial charge on any atom is 0.375 e. The van der Waals surface area contributed by atoms with Gasteiger partial charge in [-0.15, -0.1) is 5.10 Å². The third kappa shape index (κ3) is 3.13. The van der Waals surface area contributed by atoms with E-state index in [0.717, 1.165) is 4.68 Å². The van der Waals surface area contributed by atoms with Gasteiger partial charge < -0.3 is 5.11 Å². The van der Waals surface area contributed by atoms with Gasteiger partial charge in [0.1, 0.15) is 0 Å². The Morgan fingerprint density at radius 2 is 1.90 bits per heavy atom. The topological polar surface area (TPSA) is 68.0 Å². The maximum absolute atomic E-state index is 10.9. The molecule has 0 bridgehead atoms. The summed E-state index contributed by atoms with van der Waals surface area (Å²) in [6, 6.07) is 4.49. The molecule has 0 spiro atoms. The molecule has 1 heterocycles. The molecule has 2 rings (SSSR count). The van der Waals surface area contributed by atoms with Crippen LogP contribution >= 0.6 is 58.0 Å². The van der Waals surface area contributed by atoms with Crippen LogP contribution in [0.1, 0.15) is 16.4 Å². The van der Waals surface area contributed by atoms with Crippen LogP contribution in [-0.2, 0) is 3.79 Å². The second-order valence-corrected chi connectivity index (χ2v) is 6.69. The number of hydrogen-bond donors (Lipinski definition) is 1. The van der Waals surface area contributed by atoms with Crippen LogP contribution < -0.4 is 0 Å². The maximum atomic E-state index is 10.9. The number of rotatable bonds is 2. The van der Waals surface area contributed by atoms with Gasteiger partial charge in [0.25, 0.3) is 5.82 Å². The minimum atomic E-state index is -1.97. The average Bonchev–Trinajstić information content (AvgIpc) is 2.73. The molecular formula is C10H4Cl5N3O2. The smallest absolute Gasteiger partial charge is 0.375 e. The molecule has 1 aromatic heterocycles. The van der Waals surface area contributed by atoms with E-state index < -0.39 is 15.6 Å². The molecule has 0 saturated heterocycles. The molecule has 0 fully saturated rings. The van der Waals surface area contributed by atoms with Crippen LogP contribution in [0, 0.1) is 0 Å². The Hall–Kier alpha value is -0.720. The first kappa shape index (κ1) is 15.7. The zero-order valence-electron chi connectivity index (χ0n) is 9.32. The molecule has 0 saturated carbocycles. The predicted molar refractivity (Wildman–Crippen MR) is 77.6 cm³/mol. The van der Waals surface area contributed by atoms with Crippen LogP contribution in [-0.4, -0.2) is 25.8 Å². The normalized spacial score (nSPS) is 11.7. The van der Waals surface area contributed by atoms with E-state index >= 15 is 0 Å². The Kier molecular flexibility index (Phi) is 4.37. The van der Waals surface area contributed by atoms with Crippen molar-refractivity contribution >= 4 is 64.0 Å². The van der Waals surface area contributed by atoms with Crippen molar-refractivity contribution in [1.29, 1.82) is 0 Å². The molecule has 106 valence electrons. The third-order valence-corrected chi connectivity index (χ3v) is 3.23. The average molecular weight is 375 g/mol. The van der Waals surface area contributed by atoms with Crippen LogP contribution in [0.2, 0.25) is 10.0 Å². The number of halogens is 5. The lowest BCUT2D eigenvalue weighted by atomic mass is 10.3. The summed E-state index contributed by atoms with van der Waals surface area (Å²) in [5.74, 6) is -2.06. The van der Waals surface area contributed by atoms with E-state index in [9.17, 15) is 4.79 Å². The summed E-state index contributed by atoms with van der Waals surface area (Å²) in [6.45, 7) is 0. The quantitative estimate of drug-likeness (QED) is 0.803. The molecule has 1 aromatic carbocycles. The van der Waals surface area contributed by atoms with Crippen LogP contribution in [0.4, 0.5) is 0 Å². The van der Waals surface area contributed by atoms with Gasteiger partial charge in [-0.1, -0.05) is 58.0 Å². The molecular weight excluding hydrogens is 371 g/mol. The molecule has 20 heavy (non-hydrogen) atoms. The molecule has 5 nitrogen and oxygen atoms in total.